The molecule has 0 aromatic heterocycles. The summed E-state index contributed by atoms with van der Waals surface area (Å²) in [5.41, 5.74) is -0.236. The van der Waals surface area contributed by atoms with Crippen molar-refractivity contribution in [1.82, 2.24) is 0 Å². The first-order valence-corrected chi connectivity index (χ1v) is 10.6. The molecule has 25 heavy (non-hydrogen) atoms. The molecule has 0 heterocycles. The van der Waals surface area contributed by atoms with E-state index in [0.29, 0.717) is 24.2 Å². The molecule has 0 aliphatic heterocycles. The fourth-order valence-electron chi connectivity index (χ4n) is 6.69. The number of fused-ring (bicyclic) bond motifs is 3. The Labute approximate surface area is 153 Å². The molecule has 1 N–H and O–H groups in total. The van der Waals surface area contributed by atoms with Crippen molar-refractivity contribution >= 4 is 5.97 Å². The molecule has 0 saturated heterocycles. The third kappa shape index (κ3) is 3.63. The van der Waals surface area contributed by atoms with Crippen LogP contribution in [0.25, 0.3) is 0 Å². The fraction of sp³-hybridized carbons (Fsp3) is 0.955. The van der Waals surface area contributed by atoms with Gasteiger partial charge in [0.1, 0.15) is 5.60 Å². The maximum absolute atomic E-state index is 12.4. The minimum Gasteiger partial charge on any atom is -0.460 e. The molecular formula is C22H38O3. The van der Waals surface area contributed by atoms with Crippen LogP contribution in [0.15, 0.2) is 0 Å². The largest absolute Gasteiger partial charge is 0.460 e. The van der Waals surface area contributed by atoms with E-state index in [-0.39, 0.29) is 23.1 Å². The van der Waals surface area contributed by atoms with Crippen LogP contribution < -0.4 is 0 Å². The van der Waals surface area contributed by atoms with Gasteiger partial charge in [0.15, 0.2) is 0 Å². The highest BCUT2D eigenvalue weighted by Crippen LogP contribution is 2.61. The van der Waals surface area contributed by atoms with Crippen LogP contribution in [0.1, 0.15) is 86.0 Å². The van der Waals surface area contributed by atoms with Gasteiger partial charge in [-0.2, -0.15) is 0 Å². The summed E-state index contributed by atoms with van der Waals surface area (Å²) in [5.74, 6) is 3.31. The highest BCUT2D eigenvalue weighted by molar-refractivity contribution is 5.70. The van der Waals surface area contributed by atoms with Gasteiger partial charge >= 0.3 is 5.97 Å². The van der Waals surface area contributed by atoms with Gasteiger partial charge in [0.05, 0.1) is 6.10 Å². The molecule has 3 fully saturated rings. The molecule has 7 unspecified atom stereocenters. The Balaban J connectivity index is 1.69. The van der Waals surface area contributed by atoms with Crippen LogP contribution in [0.3, 0.4) is 0 Å². The molecule has 3 aliphatic carbocycles. The molecular weight excluding hydrogens is 312 g/mol. The number of rotatable bonds is 3. The zero-order chi connectivity index (χ0) is 18.4. The molecule has 0 radical (unpaired) electrons. The molecule has 0 spiro atoms. The highest BCUT2D eigenvalue weighted by Gasteiger charge is 2.56. The average molecular weight is 351 g/mol. The first kappa shape index (κ1) is 19.2. The van der Waals surface area contributed by atoms with Crippen LogP contribution in [-0.4, -0.2) is 22.8 Å². The van der Waals surface area contributed by atoms with Crippen LogP contribution in [0.5, 0.6) is 0 Å². The third-order valence-electron chi connectivity index (χ3n) is 7.79. The molecule has 0 amide bonds. The molecule has 0 aromatic carbocycles. The van der Waals surface area contributed by atoms with Crippen molar-refractivity contribution in [3.63, 3.8) is 0 Å². The second-order valence-electron chi connectivity index (χ2n) is 10.3. The lowest BCUT2D eigenvalue weighted by atomic mass is 9.51. The van der Waals surface area contributed by atoms with Gasteiger partial charge in [-0.25, -0.2) is 0 Å². The summed E-state index contributed by atoms with van der Waals surface area (Å²) in [6.45, 7) is 10.5. The summed E-state index contributed by atoms with van der Waals surface area (Å²) in [6, 6.07) is 0. The number of hydrogen-bond donors (Lipinski definition) is 1. The number of esters is 1. The number of aliphatic hydroxyl groups is 1. The molecule has 3 nitrogen and oxygen atoms in total. The van der Waals surface area contributed by atoms with Gasteiger partial charge in [0.2, 0.25) is 0 Å². The van der Waals surface area contributed by atoms with Crippen molar-refractivity contribution in [2.24, 2.45) is 35.0 Å². The smallest absolute Gasteiger partial charge is 0.306 e. The van der Waals surface area contributed by atoms with E-state index in [4.69, 9.17) is 4.74 Å². The lowest BCUT2D eigenvalue weighted by Crippen LogP contribution is -2.48. The van der Waals surface area contributed by atoms with Crippen LogP contribution in [0, 0.1) is 35.0 Å². The summed E-state index contributed by atoms with van der Waals surface area (Å²) >= 11 is 0. The number of carbonyl (C=O) groups is 1. The second-order valence-corrected chi connectivity index (χ2v) is 10.3. The predicted octanol–water partition coefficient (Wildman–Crippen LogP) is 4.96. The van der Waals surface area contributed by atoms with Crippen molar-refractivity contribution in [3.8, 4) is 0 Å². The van der Waals surface area contributed by atoms with Gasteiger partial charge in [-0.15, -0.1) is 0 Å². The molecule has 3 heteroatoms. The van der Waals surface area contributed by atoms with Gasteiger partial charge < -0.3 is 9.84 Å². The minimum atomic E-state index is -0.386. The van der Waals surface area contributed by atoms with E-state index in [1.807, 2.05) is 20.8 Å². The summed E-state index contributed by atoms with van der Waals surface area (Å²) in [7, 11) is 0. The van der Waals surface area contributed by atoms with E-state index in [0.717, 1.165) is 31.1 Å². The van der Waals surface area contributed by atoms with Crippen molar-refractivity contribution in [2.45, 2.75) is 97.7 Å². The molecule has 0 aromatic rings. The minimum absolute atomic E-state index is 0.0219. The van der Waals surface area contributed by atoms with Crippen LogP contribution in [0.4, 0.5) is 0 Å². The maximum atomic E-state index is 12.4. The standard InChI is InChI=1S/C22H38O3/c1-6-15-14(13-20(24)25-21(2,3)4)7-8-17-16(15)11-12-22(5)18(17)9-10-19(22)23/h14-19,23H,6-13H2,1-5H3. The van der Waals surface area contributed by atoms with Gasteiger partial charge in [-0.3, -0.25) is 4.79 Å². The highest BCUT2D eigenvalue weighted by atomic mass is 16.6. The first-order chi connectivity index (χ1) is 11.7. The zero-order valence-electron chi connectivity index (χ0n) is 16.9. The van der Waals surface area contributed by atoms with Crippen LogP contribution in [0.2, 0.25) is 0 Å². The third-order valence-corrected chi connectivity index (χ3v) is 7.79. The van der Waals surface area contributed by atoms with Gasteiger partial charge in [0.25, 0.3) is 0 Å². The molecule has 3 rings (SSSR count). The normalized spacial score (nSPS) is 44.1. The average Bonchev–Trinajstić information content (AvgIpc) is 2.81. The Hall–Kier alpha value is -0.570. The predicted molar refractivity (Wildman–Crippen MR) is 100 cm³/mol. The van der Waals surface area contributed by atoms with Crippen molar-refractivity contribution < 1.29 is 14.6 Å². The monoisotopic (exact) mass is 350 g/mol. The maximum Gasteiger partial charge on any atom is 0.306 e. The lowest BCUT2D eigenvalue weighted by molar-refractivity contribution is -0.158. The Morgan fingerprint density at radius 2 is 1.84 bits per heavy atom. The molecule has 3 aliphatic rings. The lowest BCUT2D eigenvalue weighted by Gasteiger charge is -2.54. The van der Waals surface area contributed by atoms with E-state index in [2.05, 4.69) is 13.8 Å². The molecule has 3 saturated carbocycles. The zero-order valence-corrected chi connectivity index (χ0v) is 16.9. The number of carbonyl (C=O) groups excluding carboxylic acids is 1. The topological polar surface area (TPSA) is 46.5 Å². The van der Waals surface area contributed by atoms with Gasteiger partial charge in [-0.1, -0.05) is 20.3 Å². The number of ether oxygens (including phenoxy) is 1. The van der Waals surface area contributed by atoms with E-state index in [1.54, 1.807) is 0 Å². The van der Waals surface area contributed by atoms with E-state index in [1.165, 1.54) is 25.7 Å². The summed E-state index contributed by atoms with van der Waals surface area (Å²) < 4.78 is 5.60. The Bertz CT molecular complexity index is 494. The first-order valence-electron chi connectivity index (χ1n) is 10.6. The van der Waals surface area contributed by atoms with Crippen molar-refractivity contribution in [1.29, 1.82) is 0 Å². The van der Waals surface area contributed by atoms with E-state index in [9.17, 15) is 9.90 Å². The number of hydrogen-bond acceptors (Lipinski definition) is 3. The molecule has 144 valence electrons. The molecule has 7 atom stereocenters. The summed E-state index contributed by atoms with van der Waals surface area (Å²) in [5, 5.41) is 10.5. The summed E-state index contributed by atoms with van der Waals surface area (Å²) in [6.07, 6.45) is 8.63. The SMILES string of the molecule is CCC1C(CC(=O)OC(C)(C)C)CCC2C1CCC1(C)C(O)CCC21. The molecule has 0 bridgehead atoms. The second kappa shape index (κ2) is 6.87. The van der Waals surface area contributed by atoms with Gasteiger partial charge in [-0.05, 0) is 94.3 Å². The van der Waals surface area contributed by atoms with Crippen molar-refractivity contribution in [2.75, 3.05) is 0 Å². The quantitative estimate of drug-likeness (QED) is 0.732. The Kier molecular flexibility index (Phi) is 5.27. The number of aliphatic hydroxyl groups excluding tert-OH is 1. The van der Waals surface area contributed by atoms with Crippen molar-refractivity contribution in [3.05, 3.63) is 0 Å². The van der Waals surface area contributed by atoms with Crippen LogP contribution >= 0.6 is 0 Å². The van der Waals surface area contributed by atoms with Crippen LogP contribution in [-0.2, 0) is 9.53 Å². The van der Waals surface area contributed by atoms with E-state index < -0.39 is 0 Å². The Morgan fingerprint density at radius 3 is 2.48 bits per heavy atom. The summed E-state index contributed by atoms with van der Waals surface area (Å²) in [4.78, 5) is 12.4. The van der Waals surface area contributed by atoms with E-state index >= 15 is 0 Å². The van der Waals surface area contributed by atoms with Gasteiger partial charge in [0, 0.05) is 6.42 Å². The Morgan fingerprint density at radius 1 is 1.12 bits per heavy atom. The fourth-order valence-corrected chi connectivity index (χ4v) is 6.69.